The Balaban J connectivity index is 1.12. The van der Waals surface area contributed by atoms with Gasteiger partial charge in [0.1, 0.15) is 12.4 Å². The van der Waals surface area contributed by atoms with Gasteiger partial charge in [-0.15, -0.1) is 0 Å². The van der Waals surface area contributed by atoms with Crippen LogP contribution in [-0.4, -0.2) is 34.7 Å². The fraction of sp³-hybridized carbons (Fsp3) is 0.200. The molecule has 260 valence electrons. The largest absolute Gasteiger partial charge is 0.487 e. The van der Waals surface area contributed by atoms with Crippen molar-refractivity contribution in [3.8, 4) is 5.75 Å². The van der Waals surface area contributed by atoms with Crippen molar-refractivity contribution >= 4 is 11.4 Å². The van der Waals surface area contributed by atoms with Crippen LogP contribution in [0.5, 0.6) is 5.75 Å². The number of nitrogens with zero attached hydrogens (tertiary/aromatic N) is 2. The molecular weight excluding hydrogens is 631 g/mol. The van der Waals surface area contributed by atoms with Crippen molar-refractivity contribution in [3.05, 3.63) is 197 Å². The molecule has 0 aliphatic rings. The van der Waals surface area contributed by atoms with Gasteiger partial charge in [-0.2, -0.15) is 0 Å². The lowest BCUT2D eigenvalue weighted by molar-refractivity contribution is 0.109. The van der Waals surface area contributed by atoms with Crippen molar-refractivity contribution in [2.45, 2.75) is 38.3 Å². The molecule has 0 aliphatic heterocycles. The highest BCUT2D eigenvalue weighted by molar-refractivity contribution is 5.55. The Morgan fingerprint density at radius 3 is 1.69 bits per heavy atom. The molecule has 6 rings (SSSR count). The van der Waals surface area contributed by atoms with Crippen LogP contribution in [0.25, 0.3) is 0 Å². The molecule has 2 unspecified atom stereocenters. The number of ether oxygens (including phenoxy) is 1. The zero-order chi connectivity index (χ0) is 35.3. The average Bonchev–Trinajstić information content (AvgIpc) is 3.18. The first-order valence-corrected chi connectivity index (χ1v) is 17.6. The molecule has 0 bridgehead atoms. The van der Waals surface area contributed by atoms with E-state index in [0.717, 1.165) is 35.3 Å². The van der Waals surface area contributed by atoms with E-state index in [1.165, 1.54) is 16.7 Å². The first-order valence-electron chi connectivity index (χ1n) is 17.6. The average molecular weight is 678 g/mol. The van der Waals surface area contributed by atoms with Gasteiger partial charge in [-0.1, -0.05) is 140 Å². The van der Waals surface area contributed by atoms with Crippen molar-refractivity contribution in [2.75, 3.05) is 30.3 Å². The molecule has 6 nitrogen and oxygen atoms in total. The molecule has 6 aromatic rings. The second-order valence-electron chi connectivity index (χ2n) is 13.0. The van der Waals surface area contributed by atoms with Gasteiger partial charge in [0.15, 0.2) is 0 Å². The summed E-state index contributed by atoms with van der Waals surface area (Å²) in [7, 11) is 0. The Kier molecular flexibility index (Phi) is 12.5. The highest BCUT2D eigenvalue weighted by Gasteiger charge is 2.18. The van der Waals surface area contributed by atoms with Crippen LogP contribution in [0.4, 0.5) is 11.4 Å². The number of hydrogen-bond acceptors (Lipinski definition) is 6. The van der Waals surface area contributed by atoms with Crippen molar-refractivity contribution in [1.82, 2.24) is 4.90 Å². The highest BCUT2D eigenvalue weighted by Crippen LogP contribution is 2.28. The van der Waals surface area contributed by atoms with Crippen LogP contribution < -0.4 is 15.4 Å². The van der Waals surface area contributed by atoms with E-state index >= 15 is 0 Å². The van der Waals surface area contributed by atoms with Gasteiger partial charge in [-0.05, 0) is 64.1 Å². The summed E-state index contributed by atoms with van der Waals surface area (Å²) in [4.78, 5) is 4.53. The Bertz CT molecular complexity index is 1890. The fourth-order valence-corrected chi connectivity index (χ4v) is 6.28. The maximum atomic E-state index is 11.4. The number of nitrogen functional groups attached to an aromatic ring is 1. The quantitative estimate of drug-likeness (QED) is 0.0842. The molecular formula is C45H47N3O3. The number of benzene rings is 6. The number of aliphatic hydroxyl groups excluding tert-OH is 2. The van der Waals surface area contributed by atoms with E-state index in [1.54, 1.807) is 0 Å². The summed E-state index contributed by atoms with van der Waals surface area (Å²) in [5, 5.41) is 22.5. The molecule has 0 spiro atoms. The summed E-state index contributed by atoms with van der Waals surface area (Å²) in [6, 6.07) is 54.8. The zero-order valence-corrected chi connectivity index (χ0v) is 29.0. The van der Waals surface area contributed by atoms with Crippen LogP contribution >= 0.6 is 0 Å². The second kappa shape index (κ2) is 18.0. The fourth-order valence-electron chi connectivity index (χ4n) is 6.28. The monoisotopic (exact) mass is 677 g/mol. The first kappa shape index (κ1) is 35.4. The van der Waals surface area contributed by atoms with Gasteiger partial charge in [0.2, 0.25) is 0 Å². The summed E-state index contributed by atoms with van der Waals surface area (Å²) in [6.07, 6.45) is -0.510. The van der Waals surface area contributed by atoms with Crippen molar-refractivity contribution in [3.63, 3.8) is 0 Å². The Morgan fingerprint density at radius 1 is 0.529 bits per heavy atom. The lowest BCUT2D eigenvalue weighted by Crippen LogP contribution is -2.30. The molecule has 0 saturated heterocycles. The van der Waals surface area contributed by atoms with E-state index < -0.39 is 12.2 Å². The van der Waals surface area contributed by atoms with E-state index in [1.807, 2.05) is 115 Å². The van der Waals surface area contributed by atoms with E-state index in [4.69, 9.17) is 10.5 Å². The number of nitrogens with two attached hydrogens (primary N) is 1. The third kappa shape index (κ3) is 10.5. The molecule has 51 heavy (non-hydrogen) atoms. The molecule has 4 N–H and O–H groups in total. The minimum Gasteiger partial charge on any atom is -0.487 e. The normalized spacial score (nSPS) is 12.4. The summed E-state index contributed by atoms with van der Waals surface area (Å²) in [5.41, 5.74) is 14.3. The van der Waals surface area contributed by atoms with E-state index in [9.17, 15) is 10.2 Å². The Morgan fingerprint density at radius 2 is 1.08 bits per heavy atom. The van der Waals surface area contributed by atoms with Crippen LogP contribution in [0.3, 0.4) is 0 Å². The molecule has 6 aromatic carbocycles. The van der Waals surface area contributed by atoms with Gasteiger partial charge in [0.05, 0.1) is 17.9 Å². The molecule has 0 aromatic heterocycles. The lowest BCUT2D eigenvalue weighted by atomic mass is 10.1. The van der Waals surface area contributed by atoms with Gasteiger partial charge in [-0.25, -0.2) is 0 Å². The lowest BCUT2D eigenvalue weighted by Gasteiger charge is -2.28. The molecule has 0 saturated carbocycles. The topological polar surface area (TPSA) is 82.2 Å². The first-order chi connectivity index (χ1) is 25.0. The molecule has 0 amide bonds. The SMILES string of the molecule is Nc1cc(C(O)CN(CCc2ccc(N(Cc3ccccc3)CC(O)c3ccccc3)cc2)Cc2ccccc2)ccc1OCc1ccccc1. The van der Waals surface area contributed by atoms with E-state index in [0.29, 0.717) is 44.2 Å². The smallest absolute Gasteiger partial charge is 0.142 e. The predicted molar refractivity (Wildman–Crippen MR) is 207 cm³/mol. The minimum atomic E-state index is -0.718. The molecule has 0 radical (unpaired) electrons. The number of anilines is 2. The van der Waals surface area contributed by atoms with Crippen molar-refractivity contribution < 1.29 is 14.9 Å². The molecule has 0 heterocycles. The second-order valence-corrected chi connectivity index (χ2v) is 13.0. The number of hydrogen-bond donors (Lipinski definition) is 3. The maximum Gasteiger partial charge on any atom is 0.142 e. The zero-order valence-electron chi connectivity index (χ0n) is 29.0. The van der Waals surface area contributed by atoms with Gasteiger partial charge in [0.25, 0.3) is 0 Å². The summed E-state index contributed by atoms with van der Waals surface area (Å²) < 4.78 is 5.96. The van der Waals surface area contributed by atoms with Crippen LogP contribution in [0.1, 0.15) is 45.6 Å². The van der Waals surface area contributed by atoms with Crippen LogP contribution in [-0.2, 0) is 26.1 Å². The molecule has 2 atom stereocenters. The van der Waals surface area contributed by atoms with Crippen LogP contribution in [0.2, 0.25) is 0 Å². The predicted octanol–water partition coefficient (Wildman–Crippen LogP) is 8.37. The van der Waals surface area contributed by atoms with Gasteiger partial charge < -0.3 is 25.6 Å². The Labute approximate surface area is 302 Å². The standard InChI is InChI=1S/C45H47N3O3/c46-42-29-40(23-26-45(42)51-34-38-17-9-3-10-18-38)43(49)32-47(30-36-13-5-1-6-14-36)28-27-35-21-24-41(25-22-35)48(31-37-15-7-2-8-16-37)33-44(50)39-19-11-4-12-20-39/h1-26,29,43-44,49-50H,27-28,30-34,46H2. The minimum absolute atomic E-state index is 0.430. The van der Waals surface area contributed by atoms with E-state index in [2.05, 4.69) is 58.3 Å². The number of rotatable bonds is 17. The summed E-state index contributed by atoms with van der Waals surface area (Å²) >= 11 is 0. The molecule has 0 aliphatic carbocycles. The van der Waals surface area contributed by atoms with Crippen LogP contribution in [0, 0.1) is 0 Å². The number of aliphatic hydroxyl groups is 2. The van der Waals surface area contributed by atoms with E-state index in [-0.39, 0.29) is 0 Å². The van der Waals surface area contributed by atoms with Crippen LogP contribution in [0.15, 0.2) is 164 Å². The van der Waals surface area contributed by atoms with Crippen molar-refractivity contribution in [2.24, 2.45) is 0 Å². The molecule has 0 fully saturated rings. The maximum absolute atomic E-state index is 11.4. The van der Waals surface area contributed by atoms with Gasteiger partial charge in [-0.3, -0.25) is 4.90 Å². The van der Waals surface area contributed by atoms with Gasteiger partial charge >= 0.3 is 0 Å². The summed E-state index contributed by atoms with van der Waals surface area (Å²) in [6.45, 7) is 3.53. The highest BCUT2D eigenvalue weighted by atomic mass is 16.5. The van der Waals surface area contributed by atoms with Crippen molar-refractivity contribution in [1.29, 1.82) is 0 Å². The third-order valence-electron chi connectivity index (χ3n) is 9.15. The summed E-state index contributed by atoms with van der Waals surface area (Å²) in [5.74, 6) is 0.608. The molecule has 6 heteroatoms. The van der Waals surface area contributed by atoms with Gasteiger partial charge in [0, 0.05) is 38.4 Å². The third-order valence-corrected chi connectivity index (χ3v) is 9.15. The Hall–Kier alpha value is -5.40.